The predicted molar refractivity (Wildman–Crippen MR) is 83.7 cm³/mol. The van der Waals surface area contributed by atoms with Gasteiger partial charge in [-0.05, 0) is 55.7 Å². The van der Waals surface area contributed by atoms with Crippen molar-refractivity contribution in [2.24, 2.45) is 5.92 Å². The molecule has 19 heavy (non-hydrogen) atoms. The molecule has 1 atom stereocenters. The van der Waals surface area contributed by atoms with Crippen molar-refractivity contribution in [2.75, 3.05) is 0 Å². The smallest absolute Gasteiger partial charge is 0.0406 e. The molecule has 0 aromatic heterocycles. The van der Waals surface area contributed by atoms with Gasteiger partial charge in [-0.3, -0.25) is 0 Å². The van der Waals surface area contributed by atoms with Crippen LogP contribution >= 0.6 is 11.6 Å². The van der Waals surface area contributed by atoms with Gasteiger partial charge in [-0.2, -0.15) is 0 Å². The summed E-state index contributed by atoms with van der Waals surface area (Å²) < 4.78 is 0. The molecule has 1 aliphatic carbocycles. The van der Waals surface area contributed by atoms with E-state index in [9.17, 15) is 0 Å². The van der Waals surface area contributed by atoms with Crippen molar-refractivity contribution in [3.8, 4) is 0 Å². The van der Waals surface area contributed by atoms with Gasteiger partial charge in [-0.25, -0.2) is 0 Å². The summed E-state index contributed by atoms with van der Waals surface area (Å²) in [6.45, 7) is 4.63. The van der Waals surface area contributed by atoms with Crippen molar-refractivity contribution in [2.45, 2.75) is 64.5 Å². The molecule has 1 nitrogen and oxygen atoms in total. The highest BCUT2D eigenvalue weighted by Crippen LogP contribution is 2.27. The van der Waals surface area contributed by atoms with Gasteiger partial charge in [0.25, 0.3) is 0 Å². The Morgan fingerprint density at radius 1 is 1.16 bits per heavy atom. The maximum Gasteiger partial charge on any atom is 0.0406 e. The fourth-order valence-corrected chi connectivity index (χ4v) is 3.17. The second-order valence-corrected chi connectivity index (χ2v) is 6.45. The summed E-state index contributed by atoms with van der Waals surface area (Å²) in [4.78, 5) is 0. The first-order valence-electron chi connectivity index (χ1n) is 7.70. The number of rotatable bonds is 5. The van der Waals surface area contributed by atoms with Gasteiger partial charge in [0.2, 0.25) is 0 Å². The maximum absolute atomic E-state index is 5.98. The molecule has 0 heterocycles. The van der Waals surface area contributed by atoms with Crippen LogP contribution in [-0.4, -0.2) is 6.04 Å². The molecule has 1 aliphatic rings. The van der Waals surface area contributed by atoms with E-state index in [2.05, 4.69) is 31.3 Å². The van der Waals surface area contributed by atoms with Gasteiger partial charge in [0.15, 0.2) is 0 Å². The zero-order valence-corrected chi connectivity index (χ0v) is 12.9. The van der Waals surface area contributed by atoms with Crippen LogP contribution in [0.4, 0.5) is 0 Å². The Morgan fingerprint density at radius 3 is 2.37 bits per heavy atom. The number of halogens is 1. The third-order valence-electron chi connectivity index (χ3n) is 4.30. The molecule has 0 bridgehead atoms. The SMILES string of the molecule is CCCC(NC1CCC(C)CC1)c1ccc(Cl)cc1. The van der Waals surface area contributed by atoms with E-state index in [1.165, 1.54) is 44.1 Å². The summed E-state index contributed by atoms with van der Waals surface area (Å²) in [5.74, 6) is 0.915. The molecule has 1 aromatic rings. The molecule has 2 rings (SSSR count). The van der Waals surface area contributed by atoms with Gasteiger partial charge >= 0.3 is 0 Å². The van der Waals surface area contributed by atoms with Crippen LogP contribution in [0.5, 0.6) is 0 Å². The van der Waals surface area contributed by atoms with E-state index in [1.807, 2.05) is 12.1 Å². The van der Waals surface area contributed by atoms with Crippen molar-refractivity contribution >= 4 is 11.6 Å². The molecule has 0 aliphatic heterocycles. The number of hydrogen-bond acceptors (Lipinski definition) is 1. The Labute approximate surface area is 122 Å². The molecule has 2 heteroatoms. The average Bonchev–Trinajstić information content (AvgIpc) is 2.42. The Balaban J connectivity index is 1.97. The molecule has 1 N–H and O–H groups in total. The highest BCUT2D eigenvalue weighted by Gasteiger charge is 2.21. The number of benzene rings is 1. The zero-order chi connectivity index (χ0) is 13.7. The summed E-state index contributed by atoms with van der Waals surface area (Å²) in [7, 11) is 0. The normalized spacial score (nSPS) is 25.2. The van der Waals surface area contributed by atoms with E-state index in [4.69, 9.17) is 11.6 Å². The summed E-state index contributed by atoms with van der Waals surface area (Å²) in [5.41, 5.74) is 1.38. The lowest BCUT2D eigenvalue weighted by Gasteiger charge is -2.31. The van der Waals surface area contributed by atoms with Gasteiger partial charge < -0.3 is 5.32 Å². The molecule has 0 spiro atoms. The van der Waals surface area contributed by atoms with E-state index in [1.54, 1.807) is 0 Å². The highest BCUT2D eigenvalue weighted by molar-refractivity contribution is 6.30. The van der Waals surface area contributed by atoms with Crippen molar-refractivity contribution in [3.05, 3.63) is 34.9 Å². The Morgan fingerprint density at radius 2 is 1.79 bits per heavy atom. The van der Waals surface area contributed by atoms with Gasteiger partial charge in [0, 0.05) is 17.1 Å². The topological polar surface area (TPSA) is 12.0 Å². The Kier molecular flexibility index (Phi) is 5.72. The van der Waals surface area contributed by atoms with Crippen LogP contribution in [0.15, 0.2) is 24.3 Å². The minimum Gasteiger partial charge on any atom is -0.307 e. The third-order valence-corrected chi connectivity index (χ3v) is 4.55. The molecular formula is C17H26ClN. The van der Waals surface area contributed by atoms with Gasteiger partial charge in [0.05, 0.1) is 0 Å². The predicted octanol–water partition coefficient (Wildman–Crippen LogP) is 5.35. The monoisotopic (exact) mass is 279 g/mol. The molecule has 0 radical (unpaired) electrons. The van der Waals surface area contributed by atoms with Crippen molar-refractivity contribution in [3.63, 3.8) is 0 Å². The van der Waals surface area contributed by atoms with E-state index >= 15 is 0 Å². The largest absolute Gasteiger partial charge is 0.307 e. The molecule has 1 aromatic carbocycles. The first kappa shape index (κ1) is 14.9. The minimum absolute atomic E-state index is 0.487. The van der Waals surface area contributed by atoms with E-state index in [0.29, 0.717) is 12.1 Å². The second kappa shape index (κ2) is 7.31. The van der Waals surface area contributed by atoms with Crippen molar-refractivity contribution < 1.29 is 0 Å². The highest BCUT2D eigenvalue weighted by atomic mass is 35.5. The summed E-state index contributed by atoms with van der Waals surface area (Å²) in [6, 6.07) is 9.53. The van der Waals surface area contributed by atoms with Crippen LogP contribution in [0.2, 0.25) is 5.02 Å². The Hall–Kier alpha value is -0.530. The van der Waals surface area contributed by atoms with E-state index in [0.717, 1.165) is 10.9 Å². The summed E-state index contributed by atoms with van der Waals surface area (Å²) in [5, 5.41) is 4.69. The molecule has 106 valence electrons. The third kappa shape index (κ3) is 4.50. The van der Waals surface area contributed by atoms with Crippen LogP contribution in [-0.2, 0) is 0 Å². The average molecular weight is 280 g/mol. The lowest BCUT2D eigenvalue weighted by atomic mass is 9.86. The van der Waals surface area contributed by atoms with Crippen LogP contribution < -0.4 is 5.32 Å². The van der Waals surface area contributed by atoms with Crippen molar-refractivity contribution in [1.29, 1.82) is 0 Å². The van der Waals surface area contributed by atoms with Crippen molar-refractivity contribution in [1.82, 2.24) is 5.32 Å². The molecule has 1 saturated carbocycles. The fourth-order valence-electron chi connectivity index (χ4n) is 3.04. The molecule has 1 unspecified atom stereocenters. The summed E-state index contributed by atoms with van der Waals surface area (Å²) in [6.07, 6.45) is 7.81. The number of nitrogens with one attached hydrogen (secondary N) is 1. The molecular weight excluding hydrogens is 254 g/mol. The van der Waals surface area contributed by atoms with Gasteiger partial charge in [-0.1, -0.05) is 44.0 Å². The van der Waals surface area contributed by atoms with Crippen LogP contribution in [0.1, 0.15) is 64.0 Å². The van der Waals surface area contributed by atoms with Gasteiger partial charge in [0.1, 0.15) is 0 Å². The zero-order valence-electron chi connectivity index (χ0n) is 12.2. The Bertz CT molecular complexity index is 365. The van der Waals surface area contributed by atoms with Crippen LogP contribution in [0.3, 0.4) is 0 Å². The molecule has 0 amide bonds. The lowest BCUT2D eigenvalue weighted by Crippen LogP contribution is -2.35. The second-order valence-electron chi connectivity index (χ2n) is 6.02. The van der Waals surface area contributed by atoms with Crippen LogP contribution in [0, 0.1) is 5.92 Å². The number of hydrogen-bond donors (Lipinski definition) is 1. The van der Waals surface area contributed by atoms with E-state index < -0.39 is 0 Å². The quantitative estimate of drug-likeness (QED) is 0.766. The van der Waals surface area contributed by atoms with Crippen LogP contribution in [0.25, 0.3) is 0 Å². The standard InChI is InChI=1S/C17H26ClN/c1-3-4-17(14-7-9-15(18)10-8-14)19-16-11-5-13(2)6-12-16/h7-10,13,16-17,19H,3-6,11-12H2,1-2H3. The minimum atomic E-state index is 0.487. The fraction of sp³-hybridized carbons (Fsp3) is 0.647. The summed E-state index contributed by atoms with van der Waals surface area (Å²) >= 11 is 5.98. The molecule has 1 fully saturated rings. The maximum atomic E-state index is 5.98. The lowest BCUT2D eigenvalue weighted by molar-refractivity contribution is 0.282. The first-order chi connectivity index (χ1) is 9.19. The van der Waals surface area contributed by atoms with E-state index in [-0.39, 0.29) is 0 Å². The molecule has 0 saturated heterocycles. The first-order valence-corrected chi connectivity index (χ1v) is 8.08. The van der Waals surface area contributed by atoms with Gasteiger partial charge in [-0.15, -0.1) is 0 Å².